The molecule has 1 saturated heterocycles. The van der Waals surface area contributed by atoms with Crippen LogP contribution in [0, 0.1) is 0 Å². The summed E-state index contributed by atoms with van der Waals surface area (Å²) in [7, 11) is 0. The predicted octanol–water partition coefficient (Wildman–Crippen LogP) is 0.233. The van der Waals surface area contributed by atoms with Gasteiger partial charge in [0.2, 0.25) is 11.8 Å². The van der Waals surface area contributed by atoms with Crippen LogP contribution in [0.4, 0.5) is 5.69 Å². The van der Waals surface area contributed by atoms with Crippen LogP contribution in [0.3, 0.4) is 0 Å². The van der Waals surface area contributed by atoms with Crippen LogP contribution in [0.5, 0.6) is 0 Å². The summed E-state index contributed by atoms with van der Waals surface area (Å²) in [6, 6.07) is 12.3. The molecule has 26 heavy (non-hydrogen) atoms. The monoisotopic (exact) mass is 373 g/mol. The minimum Gasteiger partial charge on any atom is -0.360 e. The number of thiophene rings is 1. The summed E-state index contributed by atoms with van der Waals surface area (Å²) in [5.41, 5.74) is 7.22. The van der Waals surface area contributed by atoms with E-state index < -0.39 is 0 Å². The van der Waals surface area contributed by atoms with E-state index in [9.17, 15) is 9.59 Å². The summed E-state index contributed by atoms with van der Waals surface area (Å²) < 4.78 is 0. The minimum absolute atomic E-state index is 0.137. The standard InChI is InChI=1S/C19H24N4O2S/c24-18(20-21-19(25)14-16-7-13-26-15-16)6-8-22-9-11-23(12-10-22)17-4-2-1-3-5-17/h1-5,7,13,15H,6,8-12,14H2,(H,20,24)(H,21,25)/p+1. The Hall–Kier alpha value is -2.38. The molecule has 1 fully saturated rings. The van der Waals surface area contributed by atoms with Crippen LogP contribution < -0.4 is 20.7 Å². The molecule has 7 heteroatoms. The zero-order chi connectivity index (χ0) is 18.2. The molecular formula is C19H25N4O2S+. The molecule has 1 aliphatic rings. The summed E-state index contributed by atoms with van der Waals surface area (Å²) in [5.74, 6) is -0.331. The summed E-state index contributed by atoms with van der Waals surface area (Å²) in [6.45, 7) is 4.82. The summed E-state index contributed by atoms with van der Waals surface area (Å²) in [5, 5.41) is 3.86. The van der Waals surface area contributed by atoms with Crippen LogP contribution in [-0.4, -0.2) is 44.5 Å². The molecule has 0 aliphatic carbocycles. The number of para-hydroxylation sites is 1. The first-order valence-electron chi connectivity index (χ1n) is 8.93. The smallest absolute Gasteiger partial charge is 0.244 e. The van der Waals surface area contributed by atoms with Crippen molar-refractivity contribution in [2.24, 2.45) is 0 Å². The van der Waals surface area contributed by atoms with Gasteiger partial charge < -0.3 is 9.80 Å². The lowest BCUT2D eigenvalue weighted by molar-refractivity contribution is -0.900. The highest BCUT2D eigenvalue weighted by molar-refractivity contribution is 7.08. The van der Waals surface area contributed by atoms with Crippen molar-refractivity contribution in [2.75, 3.05) is 37.6 Å². The van der Waals surface area contributed by atoms with Gasteiger partial charge in [-0.15, -0.1) is 0 Å². The number of hydrogen-bond donors (Lipinski definition) is 3. The molecule has 0 radical (unpaired) electrons. The van der Waals surface area contributed by atoms with Gasteiger partial charge >= 0.3 is 0 Å². The van der Waals surface area contributed by atoms with E-state index in [0.717, 1.165) is 38.3 Å². The lowest BCUT2D eigenvalue weighted by atomic mass is 10.2. The van der Waals surface area contributed by atoms with Crippen molar-refractivity contribution >= 4 is 28.8 Å². The van der Waals surface area contributed by atoms with Crippen molar-refractivity contribution in [1.82, 2.24) is 10.9 Å². The number of nitrogens with one attached hydrogen (secondary N) is 3. The van der Waals surface area contributed by atoms with Gasteiger partial charge in [-0.25, -0.2) is 0 Å². The molecule has 1 aliphatic heterocycles. The fourth-order valence-corrected chi connectivity index (χ4v) is 3.75. The zero-order valence-corrected chi connectivity index (χ0v) is 15.6. The lowest BCUT2D eigenvalue weighted by Gasteiger charge is -2.33. The molecule has 6 nitrogen and oxygen atoms in total. The highest BCUT2D eigenvalue weighted by Crippen LogP contribution is 2.12. The largest absolute Gasteiger partial charge is 0.360 e. The van der Waals surface area contributed by atoms with Gasteiger partial charge in [-0.3, -0.25) is 20.4 Å². The van der Waals surface area contributed by atoms with Crippen LogP contribution in [0.1, 0.15) is 12.0 Å². The molecule has 2 aromatic rings. The van der Waals surface area contributed by atoms with Gasteiger partial charge in [0.1, 0.15) is 0 Å². The van der Waals surface area contributed by atoms with E-state index in [0.29, 0.717) is 6.42 Å². The van der Waals surface area contributed by atoms with E-state index in [1.54, 1.807) is 11.3 Å². The molecule has 0 bridgehead atoms. The zero-order valence-electron chi connectivity index (χ0n) is 14.7. The molecule has 3 N–H and O–H groups in total. The molecule has 0 saturated carbocycles. The highest BCUT2D eigenvalue weighted by atomic mass is 32.1. The third-order valence-corrected chi connectivity index (χ3v) is 5.32. The number of piperazine rings is 1. The second kappa shape index (κ2) is 9.35. The van der Waals surface area contributed by atoms with Crippen molar-refractivity contribution < 1.29 is 14.5 Å². The number of rotatable bonds is 6. The Morgan fingerprint density at radius 1 is 1.04 bits per heavy atom. The van der Waals surface area contributed by atoms with E-state index in [4.69, 9.17) is 0 Å². The Morgan fingerprint density at radius 2 is 1.77 bits per heavy atom. The highest BCUT2D eigenvalue weighted by Gasteiger charge is 2.20. The Bertz CT molecular complexity index is 698. The van der Waals surface area contributed by atoms with Crippen LogP contribution in [-0.2, 0) is 16.0 Å². The minimum atomic E-state index is -0.194. The molecule has 3 rings (SSSR count). The average molecular weight is 374 g/mol. The number of hydrazine groups is 1. The fourth-order valence-electron chi connectivity index (χ4n) is 3.09. The van der Waals surface area contributed by atoms with Gasteiger partial charge in [0, 0.05) is 5.69 Å². The number of benzene rings is 1. The fraction of sp³-hybridized carbons (Fsp3) is 0.368. The Morgan fingerprint density at radius 3 is 2.46 bits per heavy atom. The molecule has 138 valence electrons. The van der Waals surface area contributed by atoms with Crippen molar-refractivity contribution in [3.05, 3.63) is 52.7 Å². The molecule has 1 aromatic heterocycles. The Balaban J connectivity index is 1.31. The van der Waals surface area contributed by atoms with E-state index in [2.05, 4.69) is 40.0 Å². The van der Waals surface area contributed by atoms with E-state index in [1.165, 1.54) is 10.6 Å². The normalized spacial score (nSPS) is 14.8. The van der Waals surface area contributed by atoms with Crippen molar-refractivity contribution in [1.29, 1.82) is 0 Å². The number of carbonyl (C=O) groups is 2. The second-order valence-electron chi connectivity index (χ2n) is 6.48. The molecule has 2 heterocycles. The van der Waals surface area contributed by atoms with Crippen molar-refractivity contribution in [3.8, 4) is 0 Å². The summed E-state index contributed by atoms with van der Waals surface area (Å²) >= 11 is 1.55. The van der Waals surface area contributed by atoms with E-state index >= 15 is 0 Å². The van der Waals surface area contributed by atoms with Gasteiger partial charge in [0.05, 0.1) is 45.6 Å². The molecule has 0 unspecified atom stereocenters. The molecule has 0 spiro atoms. The second-order valence-corrected chi connectivity index (χ2v) is 7.26. The third-order valence-electron chi connectivity index (χ3n) is 4.58. The van der Waals surface area contributed by atoms with E-state index in [1.807, 2.05) is 22.9 Å². The topological polar surface area (TPSA) is 65.9 Å². The van der Waals surface area contributed by atoms with E-state index in [-0.39, 0.29) is 18.2 Å². The molecular weight excluding hydrogens is 348 g/mol. The maximum atomic E-state index is 11.9. The number of quaternary nitrogens is 1. The molecule has 1 aromatic carbocycles. The summed E-state index contributed by atoms with van der Waals surface area (Å²) in [4.78, 5) is 27.5. The number of anilines is 1. The first-order chi connectivity index (χ1) is 12.7. The van der Waals surface area contributed by atoms with Crippen LogP contribution in [0.25, 0.3) is 0 Å². The number of amides is 2. The maximum absolute atomic E-state index is 11.9. The number of nitrogens with zero attached hydrogens (tertiary/aromatic N) is 1. The van der Waals surface area contributed by atoms with Crippen molar-refractivity contribution in [2.45, 2.75) is 12.8 Å². The maximum Gasteiger partial charge on any atom is 0.244 e. The van der Waals surface area contributed by atoms with Gasteiger partial charge in [-0.2, -0.15) is 11.3 Å². The average Bonchev–Trinajstić information content (AvgIpc) is 3.19. The number of carbonyl (C=O) groups excluding carboxylic acids is 2. The van der Waals surface area contributed by atoms with Crippen LogP contribution >= 0.6 is 11.3 Å². The third kappa shape index (κ3) is 5.57. The Kier molecular flexibility index (Phi) is 6.62. The lowest BCUT2D eigenvalue weighted by Crippen LogP contribution is -3.15. The molecule has 0 atom stereocenters. The first-order valence-corrected chi connectivity index (χ1v) is 9.87. The molecule has 2 amide bonds. The number of hydrogen-bond acceptors (Lipinski definition) is 4. The predicted molar refractivity (Wildman–Crippen MR) is 103 cm³/mol. The van der Waals surface area contributed by atoms with Crippen LogP contribution in [0.15, 0.2) is 47.2 Å². The van der Waals surface area contributed by atoms with Crippen molar-refractivity contribution in [3.63, 3.8) is 0 Å². The first kappa shape index (κ1) is 18.4. The quantitative estimate of drug-likeness (QED) is 0.636. The van der Waals surface area contributed by atoms with Gasteiger partial charge in [0.25, 0.3) is 0 Å². The SMILES string of the molecule is O=C(CC[NH+]1CCN(c2ccccc2)CC1)NNC(=O)Cc1ccsc1. The Labute approximate surface area is 157 Å². The van der Waals surface area contributed by atoms with Gasteiger partial charge in [-0.05, 0) is 34.5 Å². The van der Waals surface area contributed by atoms with Gasteiger partial charge in [0.15, 0.2) is 0 Å². The van der Waals surface area contributed by atoms with Crippen LogP contribution in [0.2, 0.25) is 0 Å². The van der Waals surface area contributed by atoms with Gasteiger partial charge in [-0.1, -0.05) is 18.2 Å². The summed E-state index contributed by atoms with van der Waals surface area (Å²) in [6.07, 6.45) is 0.704.